The molecule has 1 fully saturated rings. The fourth-order valence-corrected chi connectivity index (χ4v) is 4.54. The van der Waals surface area contributed by atoms with Gasteiger partial charge in [0.05, 0.1) is 23.6 Å². The number of fused-ring (bicyclic) bond motifs is 1. The van der Waals surface area contributed by atoms with Crippen molar-refractivity contribution in [1.82, 2.24) is 18.7 Å². The molecule has 8 heteroatoms. The zero-order valence-corrected chi connectivity index (χ0v) is 17.2. The van der Waals surface area contributed by atoms with E-state index in [9.17, 15) is 19.2 Å². The summed E-state index contributed by atoms with van der Waals surface area (Å²) in [6.45, 7) is 0.313. The van der Waals surface area contributed by atoms with Crippen LogP contribution < -0.4 is 11.2 Å². The average molecular weight is 429 g/mol. The molecule has 2 aromatic carbocycles. The van der Waals surface area contributed by atoms with Gasteiger partial charge >= 0.3 is 5.69 Å². The molecular weight excluding hydrogens is 409 g/mol. The third-order valence-corrected chi connectivity index (χ3v) is 6.01. The van der Waals surface area contributed by atoms with Crippen LogP contribution in [0.15, 0.2) is 64.4 Å². The van der Waals surface area contributed by atoms with Crippen molar-refractivity contribution in [3.63, 3.8) is 0 Å². The highest BCUT2D eigenvalue weighted by Crippen LogP contribution is 2.28. The molecule has 1 aliphatic rings. The summed E-state index contributed by atoms with van der Waals surface area (Å²) in [7, 11) is 0. The van der Waals surface area contributed by atoms with E-state index in [-0.39, 0.29) is 17.2 Å². The van der Waals surface area contributed by atoms with Crippen LogP contribution in [0.4, 0.5) is 4.39 Å². The highest BCUT2D eigenvalue weighted by Gasteiger charge is 2.26. The first kappa shape index (κ1) is 19.9. The minimum Gasteiger partial charge on any atom is -0.320 e. The van der Waals surface area contributed by atoms with Crippen molar-refractivity contribution in [2.24, 2.45) is 0 Å². The molecule has 0 amide bonds. The monoisotopic (exact) mass is 429 g/mol. The third-order valence-electron chi connectivity index (χ3n) is 6.01. The van der Waals surface area contributed by atoms with Gasteiger partial charge in [0.1, 0.15) is 5.82 Å². The van der Waals surface area contributed by atoms with Gasteiger partial charge in [-0.15, -0.1) is 0 Å². The van der Waals surface area contributed by atoms with Gasteiger partial charge in [0.25, 0.3) is 5.56 Å². The molecule has 1 saturated carbocycles. The molecule has 1 aliphatic carbocycles. The number of rotatable bonds is 4. The molecule has 0 bridgehead atoms. The summed E-state index contributed by atoms with van der Waals surface area (Å²) in [6, 6.07) is 14.8. The summed E-state index contributed by atoms with van der Waals surface area (Å²) >= 11 is 0. The fraction of sp³-hybridized carbons (Fsp3) is 0.250. The van der Waals surface area contributed by atoms with Crippen molar-refractivity contribution in [2.75, 3.05) is 0 Å². The lowest BCUT2D eigenvalue weighted by atomic mass is 10.1. The predicted octanol–water partition coefficient (Wildman–Crippen LogP) is 3.52. The fourth-order valence-electron chi connectivity index (χ4n) is 4.54. The van der Waals surface area contributed by atoms with E-state index in [1.54, 1.807) is 28.8 Å². The summed E-state index contributed by atoms with van der Waals surface area (Å²) in [5, 5.41) is 9.19. The van der Waals surface area contributed by atoms with Gasteiger partial charge in [-0.1, -0.05) is 31.0 Å². The standard InChI is InChI=1S/C24H20FN5O2/c25-18-7-4-10-20(12-18)29-22-21(23(31)30(24(29)32)19-8-1-2-9-19)28(15-27-22)14-17-6-3-5-16(11-17)13-26/h3-7,10-12,15,19H,1-2,8-9,14H2. The Labute approximate surface area is 182 Å². The zero-order valence-electron chi connectivity index (χ0n) is 17.2. The molecule has 0 aliphatic heterocycles. The maximum Gasteiger partial charge on any atom is 0.337 e. The second-order valence-corrected chi connectivity index (χ2v) is 8.07. The average Bonchev–Trinajstić information content (AvgIpc) is 3.45. The quantitative estimate of drug-likeness (QED) is 0.497. The van der Waals surface area contributed by atoms with Crippen molar-refractivity contribution in [3.8, 4) is 11.8 Å². The van der Waals surface area contributed by atoms with Crippen LogP contribution in [0, 0.1) is 17.1 Å². The molecule has 0 atom stereocenters. The van der Waals surface area contributed by atoms with Crippen LogP contribution >= 0.6 is 0 Å². The van der Waals surface area contributed by atoms with Crippen LogP contribution in [0.3, 0.4) is 0 Å². The molecule has 5 rings (SSSR count). The van der Waals surface area contributed by atoms with Gasteiger partial charge in [-0.3, -0.25) is 9.36 Å². The number of halogens is 1. The second kappa shape index (κ2) is 7.93. The Morgan fingerprint density at radius 3 is 2.62 bits per heavy atom. The summed E-state index contributed by atoms with van der Waals surface area (Å²) < 4.78 is 18.3. The van der Waals surface area contributed by atoms with E-state index in [2.05, 4.69) is 11.1 Å². The minimum atomic E-state index is -0.503. The lowest BCUT2D eigenvalue weighted by Gasteiger charge is -2.17. The molecule has 0 N–H and O–H groups in total. The largest absolute Gasteiger partial charge is 0.337 e. The Morgan fingerprint density at radius 1 is 1.09 bits per heavy atom. The molecule has 160 valence electrons. The number of nitriles is 1. The van der Waals surface area contributed by atoms with Crippen molar-refractivity contribution >= 4 is 11.2 Å². The SMILES string of the molecule is N#Cc1cccc(Cn2cnc3c2c(=O)n(C2CCCC2)c(=O)n3-c2cccc(F)c2)c1. The van der Waals surface area contributed by atoms with Crippen molar-refractivity contribution in [3.05, 3.63) is 92.6 Å². The van der Waals surface area contributed by atoms with Crippen LogP contribution in [-0.4, -0.2) is 18.7 Å². The molecule has 7 nitrogen and oxygen atoms in total. The van der Waals surface area contributed by atoms with Gasteiger partial charge in [0.2, 0.25) is 0 Å². The number of hydrogen-bond acceptors (Lipinski definition) is 4. The minimum absolute atomic E-state index is 0.190. The lowest BCUT2D eigenvalue weighted by Crippen LogP contribution is -2.41. The summed E-state index contributed by atoms with van der Waals surface area (Å²) in [6.07, 6.45) is 4.92. The molecule has 32 heavy (non-hydrogen) atoms. The normalized spacial score (nSPS) is 14.1. The van der Waals surface area contributed by atoms with Gasteiger partial charge in [-0.2, -0.15) is 5.26 Å². The van der Waals surface area contributed by atoms with Gasteiger partial charge < -0.3 is 4.57 Å². The van der Waals surface area contributed by atoms with Crippen molar-refractivity contribution in [2.45, 2.75) is 38.3 Å². The van der Waals surface area contributed by atoms with E-state index < -0.39 is 17.1 Å². The van der Waals surface area contributed by atoms with Crippen molar-refractivity contribution < 1.29 is 4.39 Å². The Bertz CT molecular complexity index is 1490. The zero-order chi connectivity index (χ0) is 22.2. The van der Waals surface area contributed by atoms with Crippen LogP contribution in [0.2, 0.25) is 0 Å². The third kappa shape index (κ3) is 3.32. The highest BCUT2D eigenvalue weighted by molar-refractivity contribution is 5.72. The molecule has 4 aromatic rings. The Hall–Kier alpha value is -3.99. The molecule has 0 spiro atoms. The number of benzene rings is 2. The van der Waals surface area contributed by atoms with E-state index in [1.807, 2.05) is 6.07 Å². The first-order chi connectivity index (χ1) is 15.6. The van der Waals surface area contributed by atoms with Crippen LogP contribution in [0.25, 0.3) is 16.9 Å². The van der Waals surface area contributed by atoms with Crippen LogP contribution in [0.5, 0.6) is 0 Å². The molecule has 0 saturated heterocycles. The molecule has 0 radical (unpaired) electrons. The van der Waals surface area contributed by atoms with Crippen LogP contribution in [0.1, 0.15) is 42.9 Å². The molecule has 2 aromatic heterocycles. The second-order valence-electron chi connectivity index (χ2n) is 8.07. The first-order valence-corrected chi connectivity index (χ1v) is 10.5. The smallest absolute Gasteiger partial charge is 0.320 e. The summed E-state index contributed by atoms with van der Waals surface area (Å²) in [5.74, 6) is -0.478. The van der Waals surface area contributed by atoms with Gasteiger partial charge in [0.15, 0.2) is 11.2 Å². The predicted molar refractivity (Wildman–Crippen MR) is 117 cm³/mol. The first-order valence-electron chi connectivity index (χ1n) is 10.5. The molecule has 2 heterocycles. The summed E-state index contributed by atoms with van der Waals surface area (Å²) in [5.41, 5.74) is 1.25. The van der Waals surface area contributed by atoms with Crippen LogP contribution in [-0.2, 0) is 6.54 Å². The van der Waals surface area contributed by atoms with Gasteiger partial charge in [0, 0.05) is 12.6 Å². The lowest BCUT2D eigenvalue weighted by molar-refractivity contribution is 0.474. The Balaban J connectivity index is 1.77. The van der Waals surface area contributed by atoms with E-state index >= 15 is 0 Å². The summed E-state index contributed by atoms with van der Waals surface area (Å²) in [4.78, 5) is 31.4. The van der Waals surface area contributed by atoms with Gasteiger partial charge in [-0.25, -0.2) is 18.7 Å². The van der Waals surface area contributed by atoms with Gasteiger partial charge in [-0.05, 0) is 48.7 Å². The Kier molecular flexibility index (Phi) is 4.94. The number of hydrogen-bond donors (Lipinski definition) is 0. The topological polar surface area (TPSA) is 85.6 Å². The van der Waals surface area contributed by atoms with E-state index in [0.717, 1.165) is 31.2 Å². The van der Waals surface area contributed by atoms with E-state index in [1.165, 1.54) is 33.7 Å². The van der Waals surface area contributed by atoms with Crippen molar-refractivity contribution in [1.29, 1.82) is 5.26 Å². The molecule has 0 unspecified atom stereocenters. The highest BCUT2D eigenvalue weighted by atomic mass is 19.1. The maximum absolute atomic E-state index is 14.0. The maximum atomic E-state index is 14.0. The number of aromatic nitrogens is 4. The Morgan fingerprint density at radius 2 is 1.88 bits per heavy atom. The number of nitrogens with zero attached hydrogens (tertiary/aromatic N) is 5. The molecular formula is C24H20FN5O2. The van der Waals surface area contributed by atoms with E-state index in [0.29, 0.717) is 17.8 Å². The van der Waals surface area contributed by atoms with E-state index in [4.69, 9.17) is 0 Å². The number of imidazole rings is 1.